The Labute approximate surface area is 252 Å². The van der Waals surface area contributed by atoms with Gasteiger partial charge in [-0.2, -0.15) is 9.41 Å². The zero-order valence-corrected chi connectivity index (χ0v) is 24.9. The summed E-state index contributed by atoms with van der Waals surface area (Å²) in [5.74, 6) is -0.352. The van der Waals surface area contributed by atoms with Gasteiger partial charge < -0.3 is 10.1 Å². The maximum absolute atomic E-state index is 13.4. The van der Waals surface area contributed by atoms with E-state index in [1.165, 1.54) is 6.21 Å². The molecule has 0 spiro atoms. The highest BCUT2D eigenvalue weighted by Crippen LogP contribution is 2.17. The molecule has 0 aliphatic heterocycles. The summed E-state index contributed by atoms with van der Waals surface area (Å²) >= 11 is 0. The first-order valence-corrected chi connectivity index (χ1v) is 15.1. The van der Waals surface area contributed by atoms with Crippen molar-refractivity contribution in [2.75, 3.05) is 25.0 Å². The largest absolute Gasteiger partial charge is 0.484 e. The van der Waals surface area contributed by atoms with Gasteiger partial charge in [0.05, 0.1) is 17.7 Å². The van der Waals surface area contributed by atoms with Gasteiger partial charge >= 0.3 is 0 Å². The summed E-state index contributed by atoms with van der Waals surface area (Å²) in [5.41, 5.74) is 6.78. The van der Waals surface area contributed by atoms with Crippen LogP contribution < -0.4 is 15.5 Å². The summed E-state index contributed by atoms with van der Waals surface area (Å²) in [4.78, 5) is 25.0. The summed E-state index contributed by atoms with van der Waals surface area (Å²) in [5, 5.41) is 6.76. The summed E-state index contributed by atoms with van der Waals surface area (Å²) in [7, 11) is -3.92. The lowest BCUT2D eigenvalue weighted by Crippen LogP contribution is -2.40. The molecule has 0 heterocycles. The van der Waals surface area contributed by atoms with E-state index in [-0.39, 0.29) is 24.0 Å². The van der Waals surface area contributed by atoms with E-state index in [0.717, 1.165) is 21.0 Å². The van der Waals surface area contributed by atoms with Gasteiger partial charge in [-0.15, -0.1) is 0 Å². The van der Waals surface area contributed by atoms with Crippen molar-refractivity contribution < 1.29 is 22.7 Å². The first kappa shape index (κ1) is 31.1. The molecule has 2 amide bonds. The Balaban J connectivity index is 1.31. The van der Waals surface area contributed by atoms with E-state index in [9.17, 15) is 18.0 Å². The van der Waals surface area contributed by atoms with Crippen molar-refractivity contribution in [3.63, 3.8) is 0 Å². The van der Waals surface area contributed by atoms with E-state index >= 15 is 0 Å². The van der Waals surface area contributed by atoms with Crippen LogP contribution in [-0.4, -0.2) is 50.4 Å². The van der Waals surface area contributed by atoms with Gasteiger partial charge in [0.1, 0.15) is 5.75 Å². The van der Waals surface area contributed by atoms with E-state index in [1.807, 2.05) is 68.4 Å². The molecule has 9 nitrogen and oxygen atoms in total. The van der Waals surface area contributed by atoms with Gasteiger partial charge in [-0.1, -0.05) is 65.7 Å². The third kappa shape index (κ3) is 9.63. The minimum absolute atomic E-state index is 0.123. The number of carbonyl (C=O) groups excluding carboxylic acids is 2. The van der Waals surface area contributed by atoms with Crippen LogP contribution in [0, 0.1) is 13.8 Å². The normalized spacial score (nSPS) is 11.4. The molecule has 0 saturated heterocycles. The van der Waals surface area contributed by atoms with Crippen LogP contribution in [0.5, 0.6) is 5.75 Å². The molecule has 0 bridgehead atoms. The molecule has 0 aliphatic carbocycles. The Bertz CT molecular complexity index is 1640. The number of hydrogen-bond donors (Lipinski definition) is 2. The number of rotatable bonds is 13. The third-order valence-electron chi connectivity index (χ3n) is 6.46. The predicted molar refractivity (Wildman–Crippen MR) is 168 cm³/mol. The summed E-state index contributed by atoms with van der Waals surface area (Å²) in [6.45, 7) is 3.43. The average molecular weight is 599 g/mol. The monoisotopic (exact) mass is 598 g/mol. The van der Waals surface area contributed by atoms with Crippen molar-refractivity contribution in [3.8, 4) is 5.75 Å². The quantitative estimate of drug-likeness (QED) is 0.171. The van der Waals surface area contributed by atoms with Crippen molar-refractivity contribution in [2.45, 2.75) is 25.2 Å². The second-order valence-corrected chi connectivity index (χ2v) is 11.9. The number of amides is 2. The number of sulfonamides is 1. The van der Waals surface area contributed by atoms with Crippen molar-refractivity contribution >= 4 is 33.7 Å². The fourth-order valence-electron chi connectivity index (χ4n) is 4.05. The van der Waals surface area contributed by atoms with E-state index < -0.39 is 22.5 Å². The first-order valence-electron chi connectivity index (χ1n) is 13.7. The van der Waals surface area contributed by atoms with Crippen LogP contribution in [0.2, 0.25) is 0 Å². The van der Waals surface area contributed by atoms with Crippen LogP contribution in [0.1, 0.15) is 22.3 Å². The lowest BCUT2D eigenvalue weighted by Gasteiger charge is -2.21. The zero-order chi connectivity index (χ0) is 30.7. The van der Waals surface area contributed by atoms with E-state index in [4.69, 9.17) is 4.74 Å². The Hall–Kier alpha value is -4.80. The summed E-state index contributed by atoms with van der Waals surface area (Å²) in [6.07, 6.45) is 1.89. The predicted octanol–water partition coefficient (Wildman–Crippen LogP) is 4.70. The molecule has 4 rings (SSSR count). The topological polar surface area (TPSA) is 117 Å². The lowest BCUT2D eigenvalue weighted by atomic mass is 10.1. The minimum Gasteiger partial charge on any atom is -0.484 e. The number of carbonyl (C=O) groups is 2. The number of aryl methyl sites for hydroxylation is 2. The number of nitrogens with one attached hydrogen (secondary N) is 2. The molecule has 222 valence electrons. The molecule has 0 atom stereocenters. The Morgan fingerprint density at radius 2 is 1.44 bits per heavy atom. The van der Waals surface area contributed by atoms with Gasteiger partial charge in [-0.25, -0.2) is 13.8 Å². The zero-order valence-electron chi connectivity index (χ0n) is 24.1. The number of hydrazone groups is 1. The molecular weight excluding hydrogens is 564 g/mol. The van der Waals surface area contributed by atoms with Crippen molar-refractivity contribution in [1.82, 2.24) is 9.73 Å². The molecule has 2 N–H and O–H groups in total. The molecule has 4 aromatic rings. The standard InChI is InChI=1S/C33H34N4O5S/c1-25-8-14-29(15-9-25)35-33(39)24-42-30-16-12-28(13-17-30)22-34-36-32(38)23-37(21-20-27-6-4-3-5-7-27)43(40,41)31-18-10-26(2)11-19-31/h3-19,22H,20-21,23-24H2,1-2H3,(H,35,39)(H,36,38)/b34-22+. The third-order valence-corrected chi connectivity index (χ3v) is 8.32. The SMILES string of the molecule is Cc1ccc(NC(=O)COc2ccc(/C=N/NC(=O)CN(CCc3ccccc3)S(=O)(=O)c3ccc(C)cc3)cc2)cc1. The van der Waals surface area contributed by atoms with Crippen LogP contribution in [0.4, 0.5) is 5.69 Å². The highest BCUT2D eigenvalue weighted by atomic mass is 32.2. The molecule has 0 aromatic heterocycles. The van der Waals surface area contributed by atoms with Crippen LogP contribution in [0.15, 0.2) is 113 Å². The van der Waals surface area contributed by atoms with Crippen LogP contribution in [0.3, 0.4) is 0 Å². The van der Waals surface area contributed by atoms with Gasteiger partial charge in [-0.05, 0) is 79.9 Å². The molecule has 0 aliphatic rings. The first-order chi connectivity index (χ1) is 20.7. The Morgan fingerprint density at radius 3 is 2.09 bits per heavy atom. The van der Waals surface area contributed by atoms with Gasteiger partial charge in [0.2, 0.25) is 10.0 Å². The molecule has 0 fully saturated rings. The average Bonchev–Trinajstić information content (AvgIpc) is 3.00. The molecule has 43 heavy (non-hydrogen) atoms. The highest BCUT2D eigenvalue weighted by molar-refractivity contribution is 7.89. The van der Waals surface area contributed by atoms with Crippen molar-refractivity contribution in [3.05, 3.63) is 125 Å². The fraction of sp³-hybridized carbons (Fsp3) is 0.182. The van der Waals surface area contributed by atoms with Gasteiger partial charge in [0.15, 0.2) is 6.61 Å². The van der Waals surface area contributed by atoms with Crippen LogP contribution in [0.25, 0.3) is 0 Å². The number of benzene rings is 4. The lowest BCUT2D eigenvalue weighted by molar-refractivity contribution is -0.121. The molecule has 0 saturated carbocycles. The van der Waals surface area contributed by atoms with E-state index in [0.29, 0.717) is 23.4 Å². The molecular formula is C33H34N4O5S. The number of ether oxygens (including phenoxy) is 1. The van der Waals surface area contributed by atoms with Crippen LogP contribution in [-0.2, 0) is 26.0 Å². The number of hydrogen-bond acceptors (Lipinski definition) is 6. The van der Waals surface area contributed by atoms with Crippen molar-refractivity contribution in [1.29, 1.82) is 0 Å². The van der Waals surface area contributed by atoms with Gasteiger partial charge in [0.25, 0.3) is 11.8 Å². The smallest absolute Gasteiger partial charge is 0.262 e. The maximum atomic E-state index is 13.4. The second kappa shape index (κ2) is 14.9. The highest BCUT2D eigenvalue weighted by Gasteiger charge is 2.26. The molecule has 0 unspecified atom stereocenters. The minimum atomic E-state index is -3.92. The van der Waals surface area contributed by atoms with Crippen LogP contribution >= 0.6 is 0 Å². The molecule has 10 heteroatoms. The molecule has 4 aromatic carbocycles. The molecule has 0 radical (unpaired) electrons. The second-order valence-electron chi connectivity index (χ2n) is 9.95. The maximum Gasteiger partial charge on any atom is 0.262 e. The Morgan fingerprint density at radius 1 is 0.814 bits per heavy atom. The fourth-order valence-corrected chi connectivity index (χ4v) is 5.45. The Kier molecular flexibility index (Phi) is 10.8. The van der Waals surface area contributed by atoms with E-state index in [2.05, 4.69) is 15.8 Å². The van der Waals surface area contributed by atoms with E-state index in [1.54, 1.807) is 48.5 Å². The summed E-state index contributed by atoms with van der Waals surface area (Å²) < 4.78 is 33.5. The van der Waals surface area contributed by atoms with Gasteiger partial charge in [-0.3, -0.25) is 9.59 Å². The summed E-state index contributed by atoms with van der Waals surface area (Å²) in [6, 6.07) is 30.3. The number of anilines is 1. The van der Waals surface area contributed by atoms with Crippen molar-refractivity contribution in [2.24, 2.45) is 5.10 Å². The number of nitrogens with zero attached hydrogens (tertiary/aromatic N) is 2. The van der Waals surface area contributed by atoms with Gasteiger partial charge in [0, 0.05) is 12.2 Å².